The summed E-state index contributed by atoms with van der Waals surface area (Å²) >= 11 is 0. The Morgan fingerprint density at radius 2 is 1.94 bits per heavy atom. The summed E-state index contributed by atoms with van der Waals surface area (Å²) < 4.78 is 5.90. The van der Waals surface area contributed by atoms with E-state index in [1.807, 2.05) is 37.2 Å². The van der Waals surface area contributed by atoms with Crippen LogP contribution in [0.25, 0.3) is 11.0 Å². The number of nitrogens with zero attached hydrogens (tertiary/aromatic N) is 3. The molecule has 0 spiro atoms. The van der Waals surface area contributed by atoms with Gasteiger partial charge in [-0.15, -0.1) is 12.4 Å². The molecule has 3 aromatic rings. The van der Waals surface area contributed by atoms with E-state index in [4.69, 9.17) is 4.74 Å². The van der Waals surface area contributed by atoms with Gasteiger partial charge in [0.05, 0.1) is 17.6 Å². The van der Waals surface area contributed by atoms with Gasteiger partial charge in [-0.1, -0.05) is 12.1 Å². The average Bonchev–Trinajstić information content (AvgIpc) is 3.22. The first-order chi connectivity index (χ1) is 15.1. The molecule has 1 fully saturated rings. The second-order valence-corrected chi connectivity index (χ2v) is 8.18. The predicted molar refractivity (Wildman–Crippen MR) is 131 cm³/mol. The van der Waals surface area contributed by atoms with E-state index in [1.54, 1.807) is 0 Å². The molecule has 2 heterocycles. The summed E-state index contributed by atoms with van der Waals surface area (Å²) in [7, 11) is 4.05. The molecule has 0 aliphatic carbocycles. The third kappa shape index (κ3) is 5.93. The van der Waals surface area contributed by atoms with Crippen LogP contribution < -0.4 is 15.0 Å². The normalized spacial score (nSPS) is 13.6. The molecule has 0 bridgehead atoms. The van der Waals surface area contributed by atoms with E-state index in [2.05, 4.69) is 44.5 Å². The first-order valence-electron chi connectivity index (χ1n) is 11.0. The predicted octanol–water partition coefficient (Wildman–Crippen LogP) is 3.50. The Labute approximate surface area is 195 Å². The first-order valence-corrected chi connectivity index (χ1v) is 11.0. The molecule has 1 amide bonds. The van der Waals surface area contributed by atoms with Crippen LogP contribution in [0.2, 0.25) is 0 Å². The highest BCUT2D eigenvalue weighted by Crippen LogP contribution is 2.20. The number of aryl methyl sites for hydroxylation is 1. The second-order valence-electron chi connectivity index (χ2n) is 8.18. The monoisotopic (exact) mass is 457 g/mol. The van der Waals surface area contributed by atoms with E-state index in [0.717, 1.165) is 67.9 Å². The number of carbonyl (C=O) groups is 1. The van der Waals surface area contributed by atoms with Crippen LogP contribution in [-0.2, 0) is 6.42 Å². The van der Waals surface area contributed by atoms with Gasteiger partial charge < -0.3 is 24.8 Å². The van der Waals surface area contributed by atoms with Gasteiger partial charge in [0.2, 0.25) is 0 Å². The van der Waals surface area contributed by atoms with Crippen molar-refractivity contribution in [2.24, 2.45) is 0 Å². The maximum atomic E-state index is 12.7. The zero-order valence-corrected chi connectivity index (χ0v) is 19.6. The van der Waals surface area contributed by atoms with Crippen molar-refractivity contribution < 1.29 is 9.53 Å². The van der Waals surface area contributed by atoms with Crippen LogP contribution in [0.5, 0.6) is 5.75 Å². The molecule has 2 aromatic carbocycles. The summed E-state index contributed by atoms with van der Waals surface area (Å²) in [6.45, 7) is 3.82. The first kappa shape index (κ1) is 23.9. The Hall–Kier alpha value is -2.77. The molecular formula is C24H32ClN5O2. The van der Waals surface area contributed by atoms with Crippen molar-refractivity contribution >= 4 is 35.0 Å². The van der Waals surface area contributed by atoms with Crippen molar-refractivity contribution in [2.75, 3.05) is 51.8 Å². The van der Waals surface area contributed by atoms with Crippen molar-refractivity contribution in [3.8, 4) is 5.75 Å². The van der Waals surface area contributed by atoms with Crippen molar-refractivity contribution in [2.45, 2.75) is 19.3 Å². The van der Waals surface area contributed by atoms with Crippen molar-refractivity contribution in [1.82, 2.24) is 20.2 Å². The molecule has 7 nitrogen and oxygen atoms in total. The van der Waals surface area contributed by atoms with Crippen LogP contribution in [0.1, 0.15) is 29.0 Å². The van der Waals surface area contributed by atoms with Gasteiger partial charge in [-0.25, -0.2) is 4.98 Å². The van der Waals surface area contributed by atoms with Crippen molar-refractivity contribution in [1.29, 1.82) is 0 Å². The van der Waals surface area contributed by atoms with Gasteiger partial charge in [0, 0.05) is 52.0 Å². The number of halogens is 1. The van der Waals surface area contributed by atoms with E-state index in [0.29, 0.717) is 12.4 Å². The summed E-state index contributed by atoms with van der Waals surface area (Å²) in [5, 5.41) is 3.26. The molecule has 1 aliphatic heterocycles. The van der Waals surface area contributed by atoms with Crippen molar-refractivity contribution in [3.63, 3.8) is 0 Å². The number of piperazine rings is 1. The maximum absolute atomic E-state index is 12.7. The highest BCUT2D eigenvalue weighted by atomic mass is 35.5. The van der Waals surface area contributed by atoms with Gasteiger partial charge in [0.15, 0.2) is 5.82 Å². The number of hydrogen-bond donors (Lipinski definition) is 2. The lowest BCUT2D eigenvalue weighted by molar-refractivity contribution is 0.0725. The molecule has 4 rings (SSSR count). The number of unbranched alkanes of at least 4 members (excludes halogenated alkanes) is 1. The van der Waals surface area contributed by atoms with Gasteiger partial charge in [0.1, 0.15) is 5.75 Å². The molecule has 0 radical (unpaired) electrons. The number of anilines is 1. The van der Waals surface area contributed by atoms with Crippen LogP contribution >= 0.6 is 12.4 Å². The number of fused-ring (bicyclic) bond motifs is 1. The number of H-pyrrole nitrogens is 1. The topological polar surface area (TPSA) is 73.5 Å². The molecule has 1 saturated heterocycles. The fourth-order valence-corrected chi connectivity index (χ4v) is 3.80. The summed E-state index contributed by atoms with van der Waals surface area (Å²) in [6.07, 6.45) is 3.00. The van der Waals surface area contributed by atoms with E-state index in [1.165, 1.54) is 5.56 Å². The Balaban J connectivity index is 0.00000289. The number of nitrogens with one attached hydrogen (secondary N) is 2. The fourth-order valence-electron chi connectivity index (χ4n) is 3.80. The smallest absolute Gasteiger partial charge is 0.289 e. The van der Waals surface area contributed by atoms with Gasteiger partial charge >= 0.3 is 0 Å². The van der Waals surface area contributed by atoms with Crippen LogP contribution in [0, 0.1) is 0 Å². The van der Waals surface area contributed by atoms with Crippen LogP contribution in [-0.4, -0.2) is 67.7 Å². The molecule has 1 aliphatic rings. The second kappa shape index (κ2) is 11.2. The number of rotatable bonds is 8. The van der Waals surface area contributed by atoms with Crippen molar-refractivity contribution in [3.05, 3.63) is 53.9 Å². The SMILES string of the molecule is CN(C)c1cccc(OCCCCc2ccc3nc(C(=O)N4CCNCC4)[nH]c3c2)c1.Cl. The number of aromatic nitrogens is 2. The largest absolute Gasteiger partial charge is 0.494 e. The number of ether oxygens (including phenoxy) is 1. The highest BCUT2D eigenvalue weighted by molar-refractivity contribution is 5.94. The molecule has 1 aromatic heterocycles. The molecule has 0 unspecified atom stereocenters. The third-order valence-corrected chi connectivity index (χ3v) is 5.62. The molecule has 2 N–H and O–H groups in total. The number of imidazole rings is 1. The molecule has 0 atom stereocenters. The molecule has 0 saturated carbocycles. The summed E-state index contributed by atoms with van der Waals surface area (Å²) in [6, 6.07) is 14.4. The Kier molecular flexibility index (Phi) is 8.36. The van der Waals surface area contributed by atoms with Crippen LogP contribution in [0.3, 0.4) is 0 Å². The van der Waals surface area contributed by atoms with E-state index in [-0.39, 0.29) is 18.3 Å². The Morgan fingerprint density at radius 3 is 2.72 bits per heavy atom. The molecule has 172 valence electrons. The Bertz CT molecular complexity index is 1030. The molecule has 8 heteroatoms. The summed E-state index contributed by atoms with van der Waals surface area (Å²) in [5.41, 5.74) is 4.14. The lowest BCUT2D eigenvalue weighted by Crippen LogP contribution is -2.46. The zero-order chi connectivity index (χ0) is 21.6. The number of aromatic amines is 1. The minimum atomic E-state index is -0.0188. The summed E-state index contributed by atoms with van der Waals surface area (Å²) in [4.78, 5) is 24.3. The minimum Gasteiger partial charge on any atom is -0.494 e. The van der Waals surface area contributed by atoms with Gasteiger partial charge in [0.25, 0.3) is 5.91 Å². The van der Waals surface area contributed by atoms with E-state index >= 15 is 0 Å². The van der Waals surface area contributed by atoms with Gasteiger partial charge in [-0.05, 0) is 49.1 Å². The fraction of sp³-hybridized carbons (Fsp3) is 0.417. The standard InChI is InChI=1S/C24H31N5O2.ClH/c1-28(2)19-7-5-8-20(17-19)31-15-4-3-6-18-9-10-21-22(16-18)27-23(26-21)24(30)29-13-11-25-12-14-29;/h5,7-10,16-17,25H,3-4,6,11-15H2,1-2H3,(H,26,27);1H. The third-order valence-electron chi connectivity index (χ3n) is 5.62. The zero-order valence-electron chi connectivity index (χ0n) is 18.8. The lowest BCUT2D eigenvalue weighted by Gasteiger charge is -2.26. The van der Waals surface area contributed by atoms with Crippen LogP contribution in [0.4, 0.5) is 5.69 Å². The maximum Gasteiger partial charge on any atom is 0.289 e. The number of carbonyl (C=O) groups excluding carboxylic acids is 1. The number of hydrogen-bond acceptors (Lipinski definition) is 5. The lowest BCUT2D eigenvalue weighted by atomic mass is 10.1. The van der Waals surface area contributed by atoms with Crippen LogP contribution in [0.15, 0.2) is 42.5 Å². The molecular weight excluding hydrogens is 426 g/mol. The number of benzene rings is 2. The van der Waals surface area contributed by atoms with E-state index in [9.17, 15) is 4.79 Å². The highest BCUT2D eigenvalue weighted by Gasteiger charge is 2.20. The molecule has 32 heavy (non-hydrogen) atoms. The Morgan fingerprint density at radius 1 is 1.12 bits per heavy atom. The quantitative estimate of drug-likeness (QED) is 0.506. The van der Waals surface area contributed by atoms with Gasteiger partial charge in [-0.2, -0.15) is 0 Å². The average molecular weight is 458 g/mol. The summed E-state index contributed by atoms with van der Waals surface area (Å²) in [5.74, 6) is 1.32. The van der Waals surface area contributed by atoms with E-state index < -0.39 is 0 Å². The minimum absolute atomic E-state index is 0. The van der Waals surface area contributed by atoms with Gasteiger partial charge in [-0.3, -0.25) is 4.79 Å². The number of amides is 1.